The van der Waals surface area contributed by atoms with Crippen molar-refractivity contribution in [1.29, 1.82) is 0 Å². The number of nitrogens with zero attached hydrogens (tertiary/aromatic N) is 5. The van der Waals surface area contributed by atoms with Gasteiger partial charge in [0.1, 0.15) is 17.9 Å². The molecule has 1 N–H and O–H groups in total. The molecule has 3 heterocycles. The molecule has 31 heavy (non-hydrogen) atoms. The summed E-state index contributed by atoms with van der Waals surface area (Å²) in [6.07, 6.45) is 4.27. The molecule has 0 radical (unpaired) electrons. The Kier molecular flexibility index (Phi) is 5.03. The number of aromatic nitrogens is 3. The van der Waals surface area contributed by atoms with Gasteiger partial charge in [0.25, 0.3) is 0 Å². The lowest BCUT2D eigenvalue weighted by atomic mass is 10.1. The molecule has 1 aliphatic heterocycles. The van der Waals surface area contributed by atoms with Crippen LogP contribution in [0, 0.1) is 5.82 Å². The molecule has 0 atom stereocenters. The molecule has 1 fully saturated rings. The van der Waals surface area contributed by atoms with E-state index in [0.717, 1.165) is 43.7 Å². The third kappa shape index (κ3) is 4.22. The first-order valence-electron chi connectivity index (χ1n) is 10.2. The van der Waals surface area contributed by atoms with Gasteiger partial charge < -0.3 is 24.4 Å². The summed E-state index contributed by atoms with van der Waals surface area (Å²) < 4.78 is 25.4. The Labute approximate surface area is 179 Å². The van der Waals surface area contributed by atoms with Crippen LogP contribution in [0.2, 0.25) is 0 Å². The summed E-state index contributed by atoms with van der Waals surface area (Å²) in [6.45, 7) is 5.54. The number of nitrogens with one attached hydrogen (secondary N) is 1. The van der Waals surface area contributed by atoms with Crippen molar-refractivity contribution in [2.75, 3.05) is 43.4 Å². The Morgan fingerprint density at radius 3 is 2.71 bits per heavy atom. The third-order valence-corrected chi connectivity index (χ3v) is 5.48. The minimum absolute atomic E-state index is 0.0694. The molecule has 0 spiro atoms. The Balaban J connectivity index is 1.47. The Hall–Kier alpha value is -3.46. The van der Waals surface area contributed by atoms with Crippen LogP contribution in [0.1, 0.15) is 18.1 Å². The number of halogens is 1. The summed E-state index contributed by atoms with van der Waals surface area (Å²) in [4.78, 5) is 13.4. The maximum atomic E-state index is 14.7. The van der Waals surface area contributed by atoms with E-state index in [0.29, 0.717) is 17.5 Å². The third-order valence-electron chi connectivity index (χ3n) is 5.48. The Morgan fingerprint density at radius 1 is 1.10 bits per heavy atom. The van der Waals surface area contributed by atoms with Crippen molar-refractivity contribution in [3.63, 3.8) is 0 Å². The molecule has 8 nitrogen and oxygen atoms in total. The van der Waals surface area contributed by atoms with Crippen LogP contribution >= 0.6 is 0 Å². The number of likely N-dealkylation sites (N-methyl/N-ethyl adjacent to an activating group) is 1. The fourth-order valence-electron chi connectivity index (χ4n) is 3.82. The van der Waals surface area contributed by atoms with E-state index in [1.54, 1.807) is 12.1 Å². The highest BCUT2D eigenvalue weighted by Gasteiger charge is 2.20. The summed E-state index contributed by atoms with van der Waals surface area (Å²) in [5, 5.41) is 6.95. The van der Waals surface area contributed by atoms with E-state index >= 15 is 0 Å². The summed E-state index contributed by atoms with van der Waals surface area (Å²) in [5.74, 6) is 1.39. The minimum atomic E-state index is -0.429. The van der Waals surface area contributed by atoms with Gasteiger partial charge in [-0.25, -0.2) is 4.39 Å². The smallest absolute Gasteiger partial charge is 0.326 e. The molecule has 3 aromatic rings. The number of rotatable bonds is 5. The lowest BCUT2D eigenvalue weighted by Crippen LogP contribution is -2.44. The van der Waals surface area contributed by atoms with E-state index in [-0.39, 0.29) is 11.8 Å². The van der Waals surface area contributed by atoms with Crippen molar-refractivity contribution in [3.05, 3.63) is 53.0 Å². The first-order valence-corrected chi connectivity index (χ1v) is 10.2. The minimum Gasteiger partial charge on any atom is -0.421 e. The van der Waals surface area contributed by atoms with Gasteiger partial charge in [-0.15, -0.1) is 0 Å². The maximum Gasteiger partial charge on any atom is 0.326 e. The standard InChI is InChI=1S/C22H23FN6O2/c1-14-9-15-11-17(23)18(12-16(15)10-14)31-22-25-20(24-19-3-8-30-27-19)13-21(26-22)29-6-4-28(2)5-7-29/h3,8,10-13H,4-7,9H2,1-2H3,(H,24,25,26,27). The fourth-order valence-corrected chi connectivity index (χ4v) is 3.82. The molecule has 9 heteroatoms. The van der Waals surface area contributed by atoms with Crippen molar-refractivity contribution in [2.45, 2.75) is 13.3 Å². The molecular weight excluding hydrogens is 399 g/mol. The summed E-state index contributed by atoms with van der Waals surface area (Å²) >= 11 is 0. The topological polar surface area (TPSA) is 79.5 Å². The number of anilines is 3. The predicted octanol–water partition coefficient (Wildman–Crippen LogP) is 3.85. The van der Waals surface area contributed by atoms with Crippen molar-refractivity contribution in [3.8, 4) is 11.8 Å². The molecule has 0 amide bonds. The molecule has 0 unspecified atom stereocenters. The van der Waals surface area contributed by atoms with Gasteiger partial charge in [-0.2, -0.15) is 9.97 Å². The predicted molar refractivity (Wildman–Crippen MR) is 115 cm³/mol. The zero-order valence-corrected chi connectivity index (χ0v) is 17.4. The first-order chi connectivity index (χ1) is 15.0. The maximum absolute atomic E-state index is 14.7. The number of piperazine rings is 1. The highest BCUT2D eigenvalue weighted by Crippen LogP contribution is 2.33. The van der Waals surface area contributed by atoms with Crippen LogP contribution < -0.4 is 15.0 Å². The summed E-state index contributed by atoms with van der Waals surface area (Å²) in [5.41, 5.74) is 3.12. The van der Waals surface area contributed by atoms with Crippen LogP contribution in [0.5, 0.6) is 11.8 Å². The van der Waals surface area contributed by atoms with E-state index in [1.807, 2.05) is 19.1 Å². The van der Waals surface area contributed by atoms with Crippen molar-refractivity contribution in [1.82, 2.24) is 20.0 Å². The number of hydrogen-bond donors (Lipinski definition) is 1. The van der Waals surface area contributed by atoms with Crippen LogP contribution in [0.15, 0.2) is 40.6 Å². The second-order valence-corrected chi connectivity index (χ2v) is 7.94. The van der Waals surface area contributed by atoms with E-state index in [4.69, 9.17) is 9.26 Å². The van der Waals surface area contributed by atoms with Crippen LogP contribution in [0.3, 0.4) is 0 Å². The number of ether oxygens (including phenoxy) is 1. The lowest BCUT2D eigenvalue weighted by molar-refractivity contribution is 0.311. The molecule has 5 rings (SSSR count). The second kappa shape index (κ2) is 7.99. The monoisotopic (exact) mass is 422 g/mol. The first kappa shape index (κ1) is 19.5. The van der Waals surface area contributed by atoms with E-state index in [2.05, 4.69) is 37.3 Å². The molecule has 2 aliphatic rings. The van der Waals surface area contributed by atoms with Gasteiger partial charge in [-0.3, -0.25) is 0 Å². The molecule has 1 saturated heterocycles. The van der Waals surface area contributed by atoms with Gasteiger partial charge in [0.2, 0.25) is 0 Å². The van der Waals surface area contributed by atoms with E-state index in [1.165, 1.54) is 17.9 Å². The number of allylic oxidation sites excluding steroid dienone is 1. The second-order valence-electron chi connectivity index (χ2n) is 7.94. The van der Waals surface area contributed by atoms with Gasteiger partial charge in [0.15, 0.2) is 17.4 Å². The van der Waals surface area contributed by atoms with Gasteiger partial charge in [0, 0.05) is 38.3 Å². The normalized spacial score (nSPS) is 16.2. The largest absolute Gasteiger partial charge is 0.421 e. The highest BCUT2D eigenvalue weighted by molar-refractivity contribution is 5.65. The molecule has 2 aromatic heterocycles. The molecule has 1 aromatic carbocycles. The van der Waals surface area contributed by atoms with Crippen LogP contribution in [0.4, 0.5) is 21.8 Å². The van der Waals surface area contributed by atoms with Gasteiger partial charge in [-0.05, 0) is 43.7 Å². The molecule has 0 bridgehead atoms. The molecule has 1 aliphatic carbocycles. The molecular formula is C22H23FN6O2. The zero-order chi connectivity index (χ0) is 21.4. The van der Waals surface area contributed by atoms with E-state index in [9.17, 15) is 4.39 Å². The quantitative estimate of drug-likeness (QED) is 0.664. The van der Waals surface area contributed by atoms with Crippen LogP contribution in [-0.4, -0.2) is 53.3 Å². The number of hydrogen-bond acceptors (Lipinski definition) is 8. The number of benzene rings is 1. The Bertz CT molecular complexity index is 1120. The van der Waals surface area contributed by atoms with Gasteiger partial charge in [0.05, 0.1) is 0 Å². The molecule has 160 valence electrons. The lowest BCUT2D eigenvalue weighted by Gasteiger charge is -2.33. The average Bonchev–Trinajstić information content (AvgIpc) is 3.37. The van der Waals surface area contributed by atoms with Crippen molar-refractivity contribution >= 4 is 23.5 Å². The van der Waals surface area contributed by atoms with Crippen molar-refractivity contribution in [2.24, 2.45) is 0 Å². The average molecular weight is 422 g/mol. The van der Waals surface area contributed by atoms with E-state index < -0.39 is 5.82 Å². The molecule has 0 saturated carbocycles. The highest BCUT2D eigenvalue weighted by atomic mass is 19.1. The zero-order valence-electron chi connectivity index (χ0n) is 17.4. The Morgan fingerprint density at radius 2 is 1.94 bits per heavy atom. The van der Waals surface area contributed by atoms with Gasteiger partial charge >= 0.3 is 6.01 Å². The van der Waals surface area contributed by atoms with Crippen molar-refractivity contribution < 1.29 is 13.7 Å². The van der Waals surface area contributed by atoms with Gasteiger partial charge in [-0.1, -0.05) is 16.8 Å². The number of fused-ring (bicyclic) bond motifs is 1. The SMILES string of the molecule is CC1=Cc2cc(Oc3nc(Nc4ccon4)cc(N4CCN(C)CC4)n3)c(F)cc2C1. The van der Waals surface area contributed by atoms with Crippen LogP contribution in [-0.2, 0) is 6.42 Å². The van der Waals surface area contributed by atoms with Crippen LogP contribution in [0.25, 0.3) is 6.08 Å². The summed E-state index contributed by atoms with van der Waals surface area (Å²) in [6, 6.07) is 6.82. The fraction of sp³-hybridized carbons (Fsp3) is 0.318. The summed E-state index contributed by atoms with van der Waals surface area (Å²) in [7, 11) is 2.09.